The Bertz CT molecular complexity index is 1080. The smallest absolute Gasteiger partial charge is 0.255 e. The highest BCUT2D eigenvalue weighted by atomic mass is 19.2. The Hall–Kier alpha value is -3.75. The summed E-state index contributed by atoms with van der Waals surface area (Å²) in [7, 11) is 0. The van der Waals surface area contributed by atoms with E-state index in [2.05, 4.69) is 15.6 Å². The minimum absolute atomic E-state index is 0.141. The van der Waals surface area contributed by atoms with Crippen molar-refractivity contribution in [2.45, 2.75) is 0 Å². The van der Waals surface area contributed by atoms with Gasteiger partial charge in [0.25, 0.3) is 5.91 Å². The lowest BCUT2D eigenvalue weighted by atomic mass is 10.2. The standard InChI is InChI=1S/C19H12F3N3O3/c20-12-2-3-13(18(22)17(12)21)25-19(26)10-5-6-23-16(7-10)24-11-1-4-14-15(8-11)28-9-27-14/h1-8H,9H2,(H,23,24)(H,25,26). The summed E-state index contributed by atoms with van der Waals surface area (Å²) < 4.78 is 50.6. The van der Waals surface area contributed by atoms with Crippen molar-refractivity contribution < 1.29 is 27.4 Å². The maximum Gasteiger partial charge on any atom is 0.255 e. The molecule has 1 amide bonds. The molecule has 2 N–H and O–H groups in total. The topological polar surface area (TPSA) is 72.5 Å². The van der Waals surface area contributed by atoms with Crippen molar-refractivity contribution in [2.75, 3.05) is 17.4 Å². The van der Waals surface area contributed by atoms with Gasteiger partial charge in [-0.1, -0.05) is 0 Å². The van der Waals surface area contributed by atoms with Crippen LogP contribution in [0.25, 0.3) is 0 Å². The largest absolute Gasteiger partial charge is 0.454 e. The van der Waals surface area contributed by atoms with Crippen LogP contribution >= 0.6 is 0 Å². The minimum atomic E-state index is -1.65. The van der Waals surface area contributed by atoms with Gasteiger partial charge in [0.05, 0.1) is 5.69 Å². The number of nitrogens with one attached hydrogen (secondary N) is 2. The lowest BCUT2D eigenvalue weighted by Crippen LogP contribution is -2.14. The quantitative estimate of drug-likeness (QED) is 0.656. The van der Waals surface area contributed by atoms with Crippen LogP contribution in [0.15, 0.2) is 48.7 Å². The predicted octanol–water partition coefficient (Wildman–Crippen LogP) is 4.22. The Morgan fingerprint density at radius 2 is 1.79 bits per heavy atom. The molecule has 1 aliphatic rings. The molecular formula is C19H12F3N3O3. The first-order chi connectivity index (χ1) is 13.5. The van der Waals surface area contributed by atoms with E-state index >= 15 is 0 Å². The fraction of sp³-hybridized carbons (Fsp3) is 0.0526. The zero-order chi connectivity index (χ0) is 19.7. The van der Waals surface area contributed by atoms with Crippen LogP contribution in [-0.4, -0.2) is 17.7 Å². The molecule has 28 heavy (non-hydrogen) atoms. The van der Waals surface area contributed by atoms with Crippen LogP contribution < -0.4 is 20.1 Å². The highest BCUT2D eigenvalue weighted by Crippen LogP contribution is 2.35. The van der Waals surface area contributed by atoms with Gasteiger partial charge in [-0.3, -0.25) is 4.79 Å². The van der Waals surface area contributed by atoms with Gasteiger partial charge in [0.15, 0.2) is 29.0 Å². The second kappa shape index (κ2) is 7.10. The van der Waals surface area contributed by atoms with Crippen LogP contribution in [0.3, 0.4) is 0 Å². The third kappa shape index (κ3) is 3.41. The molecule has 0 atom stereocenters. The van der Waals surface area contributed by atoms with Crippen molar-refractivity contribution in [3.8, 4) is 11.5 Å². The van der Waals surface area contributed by atoms with Crippen LogP contribution in [0.2, 0.25) is 0 Å². The zero-order valence-corrected chi connectivity index (χ0v) is 14.1. The summed E-state index contributed by atoms with van der Waals surface area (Å²) in [4.78, 5) is 16.4. The summed E-state index contributed by atoms with van der Waals surface area (Å²) in [5, 5.41) is 5.22. The second-order valence-electron chi connectivity index (χ2n) is 5.80. The molecule has 1 aromatic heterocycles. The van der Waals surface area contributed by atoms with E-state index in [1.807, 2.05) is 0 Å². The van der Waals surface area contributed by atoms with E-state index in [1.54, 1.807) is 18.2 Å². The molecule has 3 aromatic rings. The third-order valence-electron chi connectivity index (χ3n) is 3.95. The average Bonchev–Trinajstić information content (AvgIpc) is 3.16. The van der Waals surface area contributed by atoms with Crippen LogP contribution in [0.4, 0.5) is 30.4 Å². The van der Waals surface area contributed by atoms with Gasteiger partial charge >= 0.3 is 0 Å². The SMILES string of the molecule is O=C(Nc1ccc(F)c(F)c1F)c1ccnc(Nc2ccc3c(c2)OCO3)c1. The van der Waals surface area contributed by atoms with E-state index in [0.717, 1.165) is 12.1 Å². The maximum absolute atomic E-state index is 13.7. The van der Waals surface area contributed by atoms with Gasteiger partial charge in [0, 0.05) is 23.5 Å². The van der Waals surface area contributed by atoms with E-state index in [1.165, 1.54) is 18.3 Å². The van der Waals surface area contributed by atoms with Gasteiger partial charge in [-0.15, -0.1) is 0 Å². The van der Waals surface area contributed by atoms with Crippen LogP contribution in [0, 0.1) is 17.5 Å². The molecular weight excluding hydrogens is 375 g/mol. The molecule has 0 radical (unpaired) electrons. The van der Waals surface area contributed by atoms with Gasteiger partial charge < -0.3 is 20.1 Å². The molecule has 0 spiro atoms. The number of carbonyl (C=O) groups excluding carboxylic acids is 1. The summed E-state index contributed by atoms with van der Waals surface area (Å²) in [6.07, 6.45) is 1.38. The molecule has 2 heterocycles. The molecule has 2 aromatic carbocycles. The Kier molecular flexibility index (Phi) is 4.48. The molecule has 0 fully saturated rings. The summed E-state index contributed by atoms with van der Waals surface area (Å²) >= 11 is 0. The number of nitrogens with zero attached hydrogens (tertiary/aromatic N) is 1. The first-order valence-electron chi connectivity index (χ1n) is 8.09. The summed E-state index contributed by atoms with van der Waals surface area (Å²) in [5.74, 6) is -3.63. The Labute approximate surface area is 156 Å². The summed E-state index contributed by atoms with van der Waals surface area (Å²) in [6, 6.07) is 9.70. The lowest BCUT2D eigenvalue weighted by Gasteiger charge is -2.10. The zero-order valence-electron chi connectivity index (χ0n) is 14.1. The number of hydrogen-bond donors (Lipinski definition) is 2. The van der Waals surface area contributed by atoms with E-state index < -0.39 is 29.0 Å². The number of hydrogen-bond acceptors (Lipinski definition) is 5. The van der Waals surface area contributed by atoms with Gasteiger partial charge in [-0.25, -0.2) is 18.2 Å². The number of anilines is 3. The molecule has 0 aliphatic carbocycles. The Morgan fingerprint density at radius 1 is 0.964 bits per heavy atom. The summed E-state index contributed by atoms with van der Waals surface area (Å²) in [6.45, 7) is 0.146. The van der Waals surface area contributed by atoms with E-state index in [0.29, 0.717) is 23.0 Å². The van der Waals surface area contributed by atoms with Gasteiger partial charge in [-0.05, 0) is 36.4 Å². The normalized spacial score (nSPS) is 12.0. The number of carbonyl (C=O) groups is 1. The van der Waals surface area contributed by atoms with E-state index in [9.17, 15) is 18.0 Å². The Morgan fingerprint density at radius 3 is 2.64 bits per heavy atom. The van der Waals surface area contributed by atoms with Crippen LogP contribution in [-0.2, 0) is 0 Å². The highest BCUT2D eigenvalue weighted by Gasteiger charge is 2.17. The van der Waals surface area contributed by atoms with Gasteiger partial charge in [-0.2, -0.15) is 0 Å². The fourth-order valence-electron chi connectivity index (χ4n) is 2.58. The number of ether oxygens (including phenoxy) is 2. The lowest BCUT2D eigenvalue weighted by molar-refractivity contribution is 0.102. The van der Waals surface area contributed by atoms with Crippen molar-refractivity contribution in [3.63, 3.8) is 0 Å². The first kappa shape index (κ1) is 17.7. The van der Waals surface area contributed by atoms with Gasteiger partial charge in [0.1, 0.15) is 5.82 Å². The van der Waals surface area contributed by atoms with Crippen molar-refractivity contribution in [2.24, 2.45) is 0 Å². The molecule has 0 bridgehead atoms. The average molecular weight is 387 g/mol. The number of amides is 1. The number of aromatic nitrogens is 1. The van der Waals surface area contributed by atoms with E-state index in [4.69, 9.17) is 9.47 Å². The van der Waals surface area contributed by atoms with Crippen LogP contribution in [0.1, 0.15) is 10.4 Å². The third-order valence-corrected chi connectivity index (χ3v) is 3.95. The second-order valence-corrected chi connectivity index (χ2v) is 5.80. The van der Waals surface area contributed by atoms with E-state index in [-0.39, 0.29) is 12.4 Å². The monoisotopic (exact) mass is 387 g/mol. The first-order valence-corrected chi connectivity index (χ1v) is 8.09. The number of fused-ring (bicyclic) bond motifs is 1. The van der Waals surface area contributed by atoms with Crippen LogP contribution in [0.5, 0.6) is 11.5 Å². The molecule has 9 heteroatoms. The Balaban J connectivity index is 1.52. The fourth-order valence-corrected chi connectivity index (χ4v) is 2.58. The number of halogens is 3. The molecule has 142 valence electrons. The number of benzene rings is 2. The van der Waals surface area contributed by atoms with Crippen molar-refractivity contribution in [1.82, 2.24) is 4.98 Å². The maximum atomic E-state index is 13.7. The van der Waals surface area contributed by atoms with Crippen molar-refractivity contribution in [1.29, 1.82) is 0 Å². The van der Waals surface area contributed by atoms with Crippen molar-refractivity contribution in [3.05, 3.63) is 71.7 Å². The molecule has 0 unspecified atom stereocenters. The predicted molar refractivity (Wildman–Crippen MR) is 94.4 cm³/mol. The molecule has 1 aliphatic heterocycles. The minimum Gasteiger partial charge on any atom is -0.454 e. The molecule has 4 rings (SSSR count). The van der Waals surface area contributed by atoms with Gasteiger partial charge in [0.2, 0.25) is 6.79 Å². The summed E-state index contributed by atoms with van der Waals surface area (Å²) in [5.41, 5.74) is 0.328. The number of rotatable bonds is 4. The molecule has 6 nitrogen and oxygen atoms in total. The number of pyridine rings is 1. The molecule has 0 saturated heterocycles. The van der Waals surface area contributed by atoms with Crippen molar-refractivity contribution >= 4 is 23.1 Å². The molecule has 0 saturated carbocycles. The highest BCUT2D eigenvalue weighted by molar-refractivity contribution is 6.04.